The number of methoxy groups -OCH3 is 1. The molecule has 0 fully saturated rings. The molecule has 5 nitrogen and oxygen atoms in total. The van der Waals surface area contributed by atoms with Crippen molar-refractivity contribution in [1.82, 2.24) is 0 Å². The van der Waals surface area contributed by atoms with E-state index in [4.69, 9.17) is 10.5 Å². The van der Waals surface area contributed by atoms with E-state index >= 15 is 0 Å². The average Bonchev–Trinajstić information content (AvgIpc) is 2.45. The molecule has 0 aromatic heterocycles. The number of nitrogens with one attached hydrogen (secondary N) is 1. The van der Waals surface area contributed by atoms with Gasteiger partial charge < -0.3 is 15.8 Å². The van der Waals surface area contributed by atoms with Crippen LogP contribution in [0, 0.1) is 12.8 Å². The highest BCUT2D eigenvalue weighted by atomic mass is 16.5. The second kappa shape index (κ2) is 7.65. The van der Waals surface area contributed by atoms with Crippen LogP contribution in [0.1, 0.15) is 35.7 Å². The number of carbonyl (C=O) groups excluding carboxylic acids is 2. The molecule has 0 spiro atoms. The predicted octanol–water partition coefficient (Wildman–Crippen LogP) is 2.10. The highest BCUT2D eigenvalue weighted by Crippen LogP contribution is 2.21. The molecular weight excluding hydrogens is 256 g/mol. The Hall–Kier alpha value is -1.88. The first kappa shape index (κ1) is 16.2. The number of carbonyl (C=O) groups is 2. The predicted molar refractivity (Wildman–Crippen MR) is 78.6 cm³/mol. The van der Waals surface area contributed by atoms with Crippen LogP contribution >= 0.6 is 0 Å². The molecule has 0 aliphatic heterocycles. The first-order chi connectivity index (χ1) is 9.51. The topological polar surface area (TPSA) is 81.4 Å². The molecule has 3 N–H and O–H groups in total. The van der Waals surface area contributed by atoms with E-state index in [2.05, 4.69) is 5.32 Å². The molecule has 1 aromatic carbocycles. The molecule has 0 radical (unpaired) electrons. The minimum atomic E-state index is -0.408. The van der Waals surface area contributed by atoms with Crippen LogP contribution in [0.15, 0.2) is 18.2 Å². The highest BCUT2D eigenvalue weighted by molar-refractivity contribution is 5.97. The second-order valence-electron chi connectivity index (χ2n) is 4.79. The summed E-state index contributed by atoms with van der Waals surface area (Å²) in [5, 5.41) is 2.85. The summed E-state index contributed by atoms with van der Waals surface area (Å²) < 4.78 is 4.71. The molecule has 1 aromatic rings. The van der Waals surface area contributed by atoms with Gasteiger partial charge in [-0.15, -0.1) is 0 Å². The van der Waals surface area contributed by atoms with Crippen molar-refractivity contribution in [2.75, 3.05) is 19.0 Å². The van der Waals surface area contributed by atoms with E-state index in [0.717, 1.165) is 12.8 Å². The number of anilines is 1. The third-order valence-corrected chi connectivity index (χ3v) is 3.29. The second-order valence-corrected chi connectivity index (χ2v) is 4.79. The summed E-state index contributed by atoms with van der Waals surface area (Å²) in [6.45, 7) is 4.23. The lowest BCUT2D eigenvalue weighted by Gasteiger charge is -2.14. The maximum absolute atomic E-state index is 12.1. The van der Waals surface area contributed by atoms with Crippen LogP contribution in [0.25, 0.3) is 0 Å². The number of amides is 1. The lowest BCUT2D eigenvalue weighted by Crippen LogP contribution is -2.22. The van der Waals surface area contributed by atoms with E-state index in [1.807, 2.05) is 6.92 Å². The van der Waals surface area contributed by atoms with Crippen molar-refractivity contribution < 1.29 is 14.3 Å². The summed E-state index contributed by atoms with van der Waals surface area (Å²) in [5.41, 5.74) is 7.24. The minimum Gasteiger partial charge on any atom is -0.465 e. The molecule has 1 rings (SSSR count). The summed E-state index contributed by atoms with van der Waals surface area (Å²) in [7, 11) is 1.34. The molecular formula is C15H22N2O3. The first-order valence-corrected chi connectivity index (χ1v) is 6.70. The van der Waals surface area contributed by atoms with Crippen LogP contribution in [0.5, 0.6) is 0 Å². The van der Waals surface area contributed by atoms with Gasteiger partial charge in [-0.2, -0.15) is 0 Å². The molecule has 0 bridgehead atoms. The largest absolute Gasteiger partial charge is 0.465 e. The van der Waals surface area contributed by atoms with Gasteiger partial charge in [-0.05, 0) is 44.0 Å². The van der Waals surface area contributed by atoms with Gasteiger partial charge in [0.2, 0.25) is 5.91 Å². The normalized spacial score (nSPS) is 11.8. The molecule has 0 saturated carbocycles. The van der Waals surface area contributed by atoms with Gasteiger partial charge >= 0.3 is 5.97 Å². The molecule has 1 atom stereocenters. The Labute approximate surface area is 119 Å². The Morgan fingerprint density at radius 1 is 1.40 bits per heavy atom. The number of benzene rings is 1. The Kier molecular flexibility index (Phi) is 6.18. The molecule has 5 heteroatoms. The third-order valence-electron chi connectivity index (χ3n) is 3.29. The monoisotopic (exact) mass is 278 g/mol. The van der Waals surface area contributed by atoms with Crippen LogP contribution in [0.4, 0.5) is 5.69 Å². The van der Waals surface area contributed by atoms with Crippen molar-refractivity contribution in [2.45, 2.75) is 26.7 Å². The van der Waals surface area contributed by atoms with Gasteiger partial charge in [-0.3, -0.25) is 4.79 Å². The van der Waals surface area contributed by atoms with Crippen LogP contribution < -0.4 is 11.1 Å². The zero-order valence-electron chi connectivity index (χ0n) is 12.2. The smallest absolute Gasteiger partial charge is 0.338 e. The average molecular weight is 278 g/mol. The number of rotatable bonds is 6. The number of hydrogen-bond acceptors (Lipinski definition) is 4. The molecule has 20 heavy (non-hydrogen) atoms. The van der Waals surface area contributed by atoms with Gasteiger partial charge in [0, 0.05) is 11.6 Å². The van der Waals surface area contributed by atoms with Crippen LogP contribution in [0.2, 0.25) is 0 Å². The molecule has 0 aliphatic rings. The lowest BCUT2D eigenvalue weighted by atomic mass is 10.0. The van der Waals surface area contributed by atoms with E-state index < -0.39 is 5.97 Å². The van der Waals surface area contributed by atoms with Crippen molar-refractivity contribution in [2.24, 2.45) is 11.7 Å². The SMILES string of the molecule is COC(=O)c1cccc(NC(=O)C(C)CCCN)c1C. The number of ether oxygens (including phenoxy) is 1. The Morgan fingerprint density at radius 3 is 2.70 bits per heavy atom. The van der Waals surface area contributed by atoms with Crippen molar-refractivity contribution in [3.63, 3.8) is 0 Å². The van der Waals surface area contributed by atoms with Crippen LogP contribution in [0.3, 0.4) is 0 Å². The van der Waals surface area contributed by atoms with Gasteiger partial charge in [0.25, 0.3) is 0 Å². The Bertz CT molecular complexity index is 486. The number of hydrogen-bond donors (Lipinski definition) is 2. The van der Waals surface area contributed by atoms with E-state index in [0.29, 0.717) is 23.4 Å². The molecule has 0 saturated heterocycles. The van der Waals surface area contributed by atoms with Crippen LogP contribution in [-0.4, -0.2) is 25.5 Å². The summed E-state index contributed by atoms with van der Waals surface area (Å²) in [6.07, 6.45) is 1.56. The van der Waals surface area contributed by atoms with E-state index in [1.165, 1.54) is 7.11 Å². The van der Waals surface area contributed by atoms with Crippen molar-refractivity contribution in [1.29, 1.82) is 0 Å². The van der Waals surface area contributed by atoms with Gasteiger partial charge in [-0.25, -0.2) is 4.79 Å². The van der Waals surface area contributed by atoms with E-state index in [-0.39, 0.29) is 11.8 Å². The third kappa shape index (κ3) is 4.06. The summed E-state index contributed by atoms with van der Waals surface area (Å²) in [4.78, 5) is 23.7. The number of nitrogens with two attached hydrogens (primary N) is 1. The van der Waals surface area contributed by atoms with E-state index in [1.54, 1.807) is 25.1 Å². The van der Waals surface area contributed by atoms with Gasteiger partial charge in [-0.1, -0.05) is 13.0 Å². The zero-order chi connectivity index (χ0) is 15.1. The summed E-state index contributed by atoms with van der Waals surface area (Å²) in [5.74, 6) is -0.585. The lowest BCUT2D eigenvalue weighted by molar-refractivity contribution is -0.119. The Balaban J connectivity index is 2.82. The molecule has 0 aliphatic carbocycles. The quantitative estimate of drug-likeness (QED) is 0.781. The van der Waals surface area contributed by atoms with Gasteiger partial charge in [0.1, 0.15) is 0 Å². The molecule has 1 amide bonds. The maximum Gasteiger partial charge on any atom is 0.338 e. The standard InChI is InChI=1S/C15H22N2O3/c1-10(6-5-9-16)14(18)17-13-8-4-7-12(11(13)2)15(19)20-3/h4,7-8,10H,5-6,9,16H2,1-3H3,(H,17,18). The number of esters is 1. The Morgan fingerprint density at radius 2 is 2.10 bits per heavy atom. The highest BCUT2D eigenvalue weighted by Gasteiger charge is 2.16. The minimum absolute atomic E-state index is 0.0661. The molecule has 110 valence electrons. The van der Waals surface area contributed by atoms with Crippen molar-refractivity contribution >= 4 is 17.6 Å². The fourth-order valence-corrected chi connectivity index (χ4v) is 1.91. The van der Waals surface area contributed by atoms with Crippen LogP contribution in [-0.2, 0) is 9.53 Å². The van der Waals surface area contributed by atoms with Gasteiger partial charge in [0.15, 0.2) is 0 Å². The van der Waals surface area contributed by atoms with Gasteiger partial charge in [0.05, 0.1) is 12.7 Å². The summed E-state index contributed by atoms with van der Waals surface area (Å²) in [6, 6.07) is 5.17. The molecule has 0 heterocycles. The van der Waals surface area contributed by atoms with E-state index in [9.17, 15) is 9.59 Å². The fraction of sp³-hybridized carbons (Fsp3) is 0.467. The van der Waals surface area contributed by atoms with Crippen molar-refractivity contribution in [3.05, 3.63) is 29.3 Å². The maximum atomic E-state index is 12.1. The summed E-state index contributed by atoms with van der Waals surface area (Å²) >= 11 is 0. The zero-order valence-corrected chi connectivity index (χ0v) is 12.2. The first-order valence-electron chi connectivity index (χ1n) is 6.70. The fourth-order valence-electron chi connectivity index (χ4n) is 1.91. The molecule has 1 unspecified atom stereocenters. The van der Waals surface area contributed by atoms with Crippen molar-refractivity contribution in [3.8, 4) is 0 Å².